The molecule has 1 aliphatic heterocycles. The van der Waals surface area contributed by atoms with Crippen molar-refractivity contribution in [3.8, 4) is 73.3 Å². The Morgan fingerprint density at radius 3 is 1.76 bits per heavy atom. The quantitative estimate of drug-likeness (QED) is 0.183. The van der Waals surface area contributed by atoms with Crippen LogP contribution < -0.4 is 4.74 Å². The van der Waals surface area contributed by atoms with Gasteiger partial charge in [-0.25, -0.2) is 15.0 Å². The summed E-state index contributed by atoms with van der Waals surface area (Å²) < 4.78 is 8.69. The van der Waals surface area contributed by atoms with Crippen molar-refractivity contribution in [2.45, 2.75) is 6.61 Å². The van der Waals surface area contributed by atoms with Crippen LogP contribution in [0.3, 0.4) is 0 Å². The number of ether oxygens (including phenoxy) is 1. The summed E-state index contributed by atoms with van der Waals surface area (Å²) in [6.45, 7) is 0.583. The molecule has 0 radical (unpaired) electrons. The third-order valence-corrected chi connectivity index (χ3v) is 10.8. The average molecular weight is 672 g/mol. The second-order valence-electron chi connectivity index (χ2n) is 12.8. The van der Waals surface area contributed by atoms with E-state index in [-0.39, 0.29) is 0 Å². The lowest BCUT2D eigenvalue weighted by atomic mass is 9.89. The number of hydrogen-bond donors (Lipinski definition) is 0. The van der Waals surface area contributed by atoms with Crippen molar-refractivity contribution >= 4 is 31.5 Å². The zero-order chi connectivity index (χ0) is 33.7. The van der Waals surface area contributed by atoms with Crippen LogP contribution in [0.1, 0.15) is 5.56 Å². The lowest BCUT2D eigenvalue weighted by Crippen LogP contribution is -2.06. The van der Waals surface area contributed by atoms with Gasteiger partial charge in [-0.05, 0) is 63.7 Å². The highest BCUT2D eigenvalue weighted by molar-refractivity contribution is 7.25. The molecular weight excluding hydrogens is 643 g/mol. The number of aromatic nitrogens is 3. The molecule has 9 aromatic rings. The Morgan fingerprint density at radius 1 is 0.412 bits per heavy atom. The van der Waals surface area contributed by atoms with E-state index in [2.05, 4.69) is 158 Å². The van der Waals surface area contributed by atoms with E-state index in [4.69, 9.17) is 19.7 Å². The number of benzene rings is 7. The first-order chi connectivity index (χ1) is 25.2. The Morgan fingerprint density at radius 2 is 0.980 bits per heavy atom. The second-order valence-corrected chi connectivity index (χ2v) is 13.8. The summed E-state index contributed by atoms with van der Waals surface area (Å²) in [6.07, 6.45) is 0. The maximum Gasteiger partial charge on any atom is 0.164 e. The molecule has 0 aliphatic carbocycles. The molecule has 0 amide bonds. The van der Waals surface area contributed by atoms with Crippen LogP contribution in [0.15, 0.2) is 164 Å². The highest BCUT2D eigenvalue weighted by Gasteiger charge is 2.21. The summed E-state index contributed by atoms with van der Waals surface area (Å²) in [5.41, 5.74) is 10.9. The lowest BCUT2D eigenvalue weighted by Gasteiger charge is -2.23. The molecule has 5 heteroatoms. The predicted octanol–water partition coefficient (Wildman–Crippen LogP) is 12.1. The molecule has 3 heterocycles. The van der Waals surface area contributed by atoms with Crippen molar-refractivity contribution in [3.63, 3.8) is 0 Å². The van der Waals surface area contributed by atoms with Gasteiger partial charge in [0.05, 0.1) is 0 Å². The average Bonchev–Trinajstić information content (AvgIpc) is 3.59. The van der Waals surface area contributed by atoms with E-state index >= 15 is 0 Å². The van der Waals surface area contributed by atoms with E-state index in [1.54, 1.807) is 0 Å². The van der Waals surface area contributed by atoms with Crippen LogP contribution in [0.2, 0.25) is 0 Å². The fourth-order valence-electron chi connectivity index (χ4n) is 7.08. The molecular formula is C46H29N3OS. The minimum atomic E-state index is 0.583. The van der Waals surface area contributed by atoms with Gasteiger partial charge in [-0.15, -0.1) is 11.3 Å². The maximum absolute atomic E-state index is 6.17. The number of rotatable bonds is 5. The van der Waals surface area contributed by atoms with Gasteiger partial charge in [0.2, 0.25) is 0 Å². The molecule has 0 fully saturated rings. The molecule has 4 nitrogen and oxygen atoms in total. The van der Waals surface area contributed by atoms with Gasteiger partial charge in [0.15, 0.2) is 17.5 Å². The first-order valence-corrected chi connectivity index (χ1v) is 17.9. The van der Waals surface area contributed by atoms with Crippen molar-refractivity contribution in [1.29, 1.82) is 0 Å². The van der Waals surface area contributed by atoms with Gasteiger partial charge in [-0.3, -0.25) is 0 Å². The number of hydrogen-bond acceptors (Lipinski definition) is 5. The first-order valence-electron chi connectivity index (χ1n) is 17.0. The van der Waals surface area contributed by atoms with Crippen LogP contribution in [-0.2, 0) is 6.61 Å². The summed E-state index contributed by atoms with van der Waals surface area (Å²) in [5, 5.41) is 2.46. The minimum Gasteiger partial charge on any atom is -0.488 e. The van der Waals surface area contributed by atoms with Crippen LogP contribution in [0.25, 0.3) is 87.7 Å². The topological polar surface area (TPSA) is 47.9 Å². The van der Waals surface area contributed by atoms with E-state index in [1.165, 1.54) is 36.9 Å². The predicted molar refractivity (Wildman–Crippen MR) is 210 cm³/mol. The Balaban J connectivity index is 1.08. The lowest BCUT2D eigenvalue weighted by molar-refractivity contribution is 0.302. The third-order valence-electron chi connectivity index (χ3n) is 9.67. The van der Waals surface area contributed by atoms with Crippen molar-refractivity contribution in [2.24, 2.45) is 0 Å². The van der Waals surface area contributed by atoms with Crippen LogP contribution in [0.4, 0.5) is 0 Å². The highest BCUT2D eigenvalue weighted by Crippen LogP contribution is 2.44. The molecule has 0 spiro atoms. The van der Waals surface area contributed by atoms with Gasteiger partial charge in [-0.2, -0.15) is 0 Å². The molecule has 0 unspecified atom stereocenters. The monoisotopic (exact) mass is 671 g/mol. The molecule has 2 aromatic heterocycles. The molecule has 7 aromatic carbocycles. The van der Waals surface area contributed by atoms with E-state index in [0.717, 1.165) is 44.7 Å². The smallest absolute Gasteiger partial charge is 0.164 e. The zero-order valence-electron chi connectivity index (χ0n) is 27.5. The fourth-order valence-corrected chi connectivity index (χ4v) is 8.17. The maximum atomic E-state index is 6.17. The molecule has 240 valence electrons. The van der Waals surface area contributed by atoms with E-state index in [1.807, 2.05) is 17.4 Å². The molecule has 0 saturated heterocycles. The van der Waals surface area contributed by atoms with Crippen LogP contribution in [0.5, 0.6) is 5.75 Å². The second kappa shape index (κ2) is 12.2. The van der Waals surface area contributed by atoms with Gasteiger partial charge in [0.1, 0.15) is 12.4 Å². The van der Waals surface area contributed by atoms with Gasteiger partial charge >= 0.3 is 0 Å². The summed E-state index contributed by atoms with van der Waals surface area (Å²) in [4.78, 5) is 15.2. The number of nitrogens with zero attached hydrogens (tertiary/aromatic N) is 3. The van der Waals surface area contributed by atoms with Crippen molar-refractivity contribution in [2.75, 3.05) is 0 Å². The molecule has 10 rings (SSSR count). The van der Waals surface area contributed by atoms with Crippen LogP contribution >= 0.6 is 11.3 Å². The van der Waals surface area contributed by atoms with Crippen molar-refractivity contribution in [1.82, 2.24) is 15.0 Å². The van der Waals surface area contributed by atoms with Crippen molar-refractivity contribution in [3.05, 3.63) is 169 Å². The SMILES string of the molecule is c1ccc(-c2ccc(-c3nc(-c4ccc(-c5cccc6c5-c5ccccc5CO6)cc4)nc(-c4ccc5sc6ccccc6c5c4)n3)cc2)cc1. The fraction of sp³-hybridized carbons (Fsp3) is 0.0217. The number of thiophene rings is 1. The number of fused-ring (bicyclic) bond motifs is 6. The largest absolute Gasteiger partial charge is 0.488 e. The molecule has 1 aliphatic rings. The molecule has 0 N–H and O–H groups in total. The van der Waals surface area contributed by atoms with Crippen molar-refractivity contribution < 1.29 is 4.74 Å². The highest BCUT2D eigenvalue weighted by atomic mass is 32.1. The zero-order valence-corrected chi connectivity index (χ0v) is 28.3. The standard InChI is InChI=1S/C46H29N3OS/c1-2-9-29(10-3-1)30-17-21-32(22-18-30)44-47-45(49-46(48-44)34-25-26-42-39(27-34)38-13-6-7-16-41(38)51-42)33-23-19-31(20-24-33)36-14-8-15-40-43(36)37-12-5-4-11-35(37)28-50-40/h1-27H,28H2. The Bertz CT molecular complexity index is 2740. The van der Waals surface area contributed by atoms with E-state index < -0.39 is 0 Å². The summed E-state index contributed by atoms with van der Waals surface area (Å²) >= 11 is 1.81. The van der Waals surface area contributed by atoms with E-state index in [9.17, 15) is 0 Å². The molecule has 0 atom stereocenters. The van der Waals surface area contributed by atoms with Gasteiger partial charge in [0, 0.05) is 42.4 Å². The minimum absolute atomic E-state index is 0.583. The van der Waals surface area contributed by atoms with Gasteiger partial charge < -0.3 is 4.74 Å². The van der Waals surface area contributed by atoms with Crippen LogP contribution in [-0.4, -0.2) is 15.0 Å². The summed E-state index contributed by atoms with van der Waals surface area (Å²) in [7, 11) is 0. The first kappa shape index (κ1) is 29.5. The van der Waals surface area contributed by atoms with Gasteiger partial charge in [0.25, 0.3) is 0 Å². The van der Waals surface area contributed by atoms with Gasteiger partial charge in [-0.1, -0.05) is 133 Å². The summed E-state index contributed by atoms with van der Waals surface area (Å²) in [5.74, 6) is 2.83. The van der Waals surface area contributed by atoms with Crippen LogP contribution in [0, 0.1) is 0 Å². The Hall–Kier alpha value is -6.43. The molecule has 51 heavy (non-hydrogen) atoms. The molecule has 0 saturated carbocycles. The normalized spacial score (nSPS) is 12.0. The molecule has 0 bridgehead atoms. The van der Waals surface area contributed by atoms with E-state index in [0.29, 0.717) is 24.1 Å². The third kappa shape index (κ3) is 5.27. The Kier molecular flexibility index (Phi) is 7.03. The Labute approximate surface area is 299 Å². The summed E-state index contributed by atoms with van der Waals surface area (Å²) in [6, 6.07) is 57.3.